The fraction of sp³-hybridized carbons (Fsp3) is 0.471. The summed E-state index contributed by atoms with van der Waals surface area (Å²) in [6.07, 6.45) is 0. The standard InChI is InChI=1S/C17H21N7O/c1-4-24-14-6-5-12(9-13(14)18-21-24)17(25)22-7-8-23-15(10-22)19-20-16(23)11(2)3/h5-6,9,11H,4,7-8,10H2,1-3H3. The molecule has 8 heteroatoms. The van der Waals surface area contributed by atoms with Crippen molar-refractivity contribution in [2.24, 2.45) is 0 Å². The first kappa shape index (κ1) is 15.7. The molecule has 3 aromatic rings. The van der Waals surface area contributed by atoms with Crippen molar-refractivity contribution in [1.82, 2.24) is 34.7 Å². The number of hydrogen-bond donors (Lipinski definition) is 0. The number of nitrogens with zero attached hydrogens (tertiary/aromatic N) is 7. The van der Waals surface area contributed by atoms with Gasteiger partial charge in [0.15, 0.2) is 5.82 Å². The molecule has 3 heterocycles. The Hall–Kier alpha value is -2.77. The monoisotopic (exact) mass is 339 g/mol. The Morgan fingerprint density at radius 2 is 2.04 bits per heavy atom. The number of hydrogen-bond acceptors (Lipinski definition) is 5. The zero-order valence-corrected chi connectivity index (χ0v) is 14.7. The first-order valence-electron chi connectivity index (χ1n) is 8.63. The van der Waals surface area contributed by atoms with Crippen LogP contribution < -0.4 is 0 Å². The summed E-state index contributed by atoms with van der Waals surface area (Å²) >= 11 is 0. The number of aryl methyl sites for hydroxylation is 1. The van der Waals surface area contributed by atoms with Crippen molar-refractivity contribution in [3.8, 4) is 0 Å². The van der Waals surface area contributed by atoms with Crippen LogP contribution in [0, 0.1) is 0 Å². The lowest BCUT2D eigenvalue weighted by atomic mass is 10.1. The van der Waals surface area contributed by atoms with Crippen LogP contribution in [-0.2, 0) is 19.6 Å². The predicted molar refractivity (Wildman–Crippen MR) is 92.1 cm³/mol. The van der Waals surface area contributed by atoms with E-state index < -0.39 is 0 Å². The second kappa shape index (κ2) is 5.94. The normalized spacial score (nSPS) is 14.3. The Morgan fingerprint density at radius 1 is 1.20 bits per heavy atom. The molecule has 4 rings (SSSR count). The van der Waals surface area contributed by atoms with Crippen molar-refractivity contribution in [2.45, 2.75) is 46.3 Å². The molecule has 0 radical (unpaired) electrons. The third kappa shape index (κ3) is 2.57. The molecule has 0 spiro atoms. The van der Waals surface area contributed by atoms with Crippen molar-refractivity contribution in [2.75, 3.05) is 6.54 Å². The second-order valence-corrected chi connectivity index (χ2v) is 6.62. The Labute approximate surface area is 145 Å². The molecule has 0 fully saturated rings. The number of fused-ring (bicyclic) bond motifs is 2. The summed E-state index contributed by atoms with van der Waals surface area (Å²) < 4.78 is 3.95. The van der Waals surface area contributed by atoms with Gasteiger partial charge in [0.2, 0.25) is 0 Å². The highest BCUT2D eigenvalue weighted by atomic mass is 16.2. The number of amides is 1. The lowest BCUT2D eigenvalue weighted by Gasteiger charge is -2.28. The van der Waals surface area contributed by atoms with Crippen LogP contribution >= 0.6 is 0 Å². The quantitative estimate of drug-likeness (QED) is 0.727. The van der Waals surface area contributed by atoms with Crippen molar-refractivity contribution in [1.29, 1.82) is 0 Å². The van der Waals surface area contributed by atoms with Gasteiger partial charge in [-0.15, -0.1) is 15.3 Å². The van der Waals surface area contributed by atoms with Crippen LogP contribution in [0.2, 0.25) is 0 Å². The van der Waals surface area contributed by atoms with Crippen molar-refractivity contribution >= 4 is 16.9 Å². The molecule has 1 aromatic carbocycles. The zero-order chi connectivity index (χ0) is 17.6. The molecule has 0 bridgehead atoms. The minimum absolute atomic E-state index is 0.00621. The van der Waals surface area contributed by atoms with Gasteiger partial charge >= 0.3 is 0 Å². The molecule has 1 aliphatic rings. The van der Waals surface area contributed by atoms with E-state index in [9.17, 15) is 4.79 Å². The van der Waals surface area contributed by atoms with Crippen molar-refractivity contribution in [3.05, 3.63) is 35.4 Å². The molecule has 0 aliphatic carbocycles. The number of aromatic nitrogens is 6. The van der Waals surface area contributed by atoms with Gasteiger partial charge in [-0.3, -0.25) is 4.79 Å². The Morgan fingerprint density at radius 3 is 2.80 bits per heavy atom. The van der Waals surface area contributed by atoms with Gasteiger partial charge in [0.1, 0.15) is 11.3 Å². The van der Waals surface area contributed by atoms with E-state index in [0.717, 1.165) is 35.8 Å². The second-order valence-electron chi connectivity index (χ2n) is 6.62. The maximum Gasteiger partial charge on any atom is 0.254 e. The van der Waals surface area contributed by atoms with E-state index in [2.05, 4.69) is 38.9 Å². The fourth-order valence-electron chi connectivity index (χ4n) is 3.30. The van der Waals surface area contributed by atoms with Gasteiger partial charge < -0.3 is 9.47 Å². The lowest BCUT2D eigenvalue weighted by Crippen LogP contribution is -2.38. The van der Waals surface area contributed by atoms with Crippen molar-refractivity contribution < 1.29 is 4.79 Å². The van der Waals surface area contributed by atoms with Crippen LogP contribution in [0.15, 0.2) is 18.2 Å². The Kier molecular flexibility index (Phi) is 3.74. The van der Waals surface area contributed by atoms with Crippen LogP contribution in [0.5, 0.6) is 0 Å². The van der Waals surface area contributed by atoms with Gasteiger partial charge in [-0.25, -0.2) is 4.68 Å². The van der Waals surface area contributed by atoms with Gasteiger partial charge in [-0.2, -0.15) is 0 Å². The molecular weight excluding hydrogens is 318 g/mol. The third-order valence-corrected chi connectivity index (χ3v) is 4.65. The highest BCUT2D eigenvalue weighted by Gasteiger charge is 2.26. The number of carbonyl (C=O) groups excluding carboxylic acids is 1. The summed E-state index contributed by atoms with van der Waals surface area (Å²) in [6, 6.07) is 5.57. The smallest absolute Gasteiger partial charge is 0.254 e. The molecule has 8 nitrogen and oxygen atoms in total. The SMILES string of the molecule is CCn1nnc2cc(C(=O)N3CCn4c(nnc4C(C)C)C3)ccc21. The van der Waals surface area contributed by atoms with Crippen LogP contribution in [-0.4, -0.2) is 47.1 Å². The third-order valence-electron chi connectivity index (χ3n) is 4.65. The molecule has 0 unspecified atom stereocenters. The summed E-state index contributed by atoms with van der Waals surface area (Å²) in [5.41, 5.74) is 2.32. The van der Waals surface area contributed by atoms with Crippen molar-refractivity contribution in [3.63, 3.8) is 0 Å². The summed E-state index contributed by atoms with van der Waals surface area (Å²) in [4.78, 5) is 14.7. The summed E-state index contributed by atoms with van der Waals surface area (Å²) in [5, 5.41) is 16.8. The minimum atomic E-state index is -0.00621. The summed E-state index contributed by atoms with van der Waals surface area (Å²) in [7, 11) is 0. The van der Waals surface area contributed by atoms with Crippen LogP contribution in [0.25, 0.3) is 11.0 Å². The van der Waals surface area contributed by atoms with Gasteiger partial charge in [0.05, 0.1) is 12.1 Å². The van der Waals surface area contributed by atoms with Gasteiger partial charge in [-0.05, 0) is 25.1 Å². The van der Waals surface area contributed by atoms with E-state index >= 15 is 0 Å². The molecule has 0 saturated carbocycles. The summed E-state index contributed by atoms with van der Waals surface area (Å²) in [5.74, 6) is 2.15. The predicted octanol–water partition coefficient (Wildman–Crippen LogP) is 1.82. The first-order valence-corrected chi connectivity index (χ1v) is 8.63. The maximum absolute atomic E-state index is 12.9. The minimum Gasteiger partial charge on any atom is -0.329 e. The van der Waals surface area contributed by atoms with Gasteiger partial charge in [0.25, 0.3) is 5.91 Å². The highest BCUT2D eigenvalue weighted by molar-refractivity contribution is 5.97. The fourth-order valence-corrected chi connectivity index (χ4v) is 3.30. The average Bonchev–Trinajstić information content (AvgIpc) is 3.23. The zero-order valence-electron chi connectivity index (χ0n) is 14.7. The molecular formula is C17H21N7O. The molecule has 2 aromatic heterocycles. The molecule has 1 amide bonds. The van der Waals surface area contributed by atoms with E-state index in [-0.39, 0.29) is 5.91 Å². The number of carbonyl (C=O) groups is 1. The Balaban J connectivity index is 1.59. The van der Waals surface area contributed by atoms with E-state index in [4.69, 9.17) is 0 Å². The number of benzene rings is 1. The maximum atomic E-state index is 12.9. The van der Waals surface area contributed by atoms with Crippen LogP contribution in [0.3, 0.4) is 0 Å². The van der Waals surface area contributed by atoms with E-state index in [1.54, 1.807) is 0 Å². The van der Waals surface area contributed by atoms with Crippen LogP contribution in [0.1, 0.15) is 48.7 Å². The van der Waals surface area contributed by atoms with Crippen LogP contribution in [0.4, 0.5) is 0 Å². The molecule has 130 valence electrons. The Bertz CT molecular complexity index is 940. The molecule has 25 heavy (non-hydrogen) atoms. The molecule has 0 atom stereocenters. The van der Waals surface area contributed by atoms with Gasteiger partial charge in [-0.1, -0.05) is 19.1 Å². The largest absolute Gasteiger partial charge is 0.329 e. The topological polar surface area (TPSA) is 81.7 Å². The number of rotatable bonds is 3. The highest BCUT2D eigenvalue weighted by Crippen LogP contribution is 2.21. The van der Waals surface area contributed by atoms with Gasteiger partial charge in [0, 0.05) is 31.1 Å². The molecule has 1 aliphatic heterocycles. The van der Waals surface area contributed by atoms with E-state index in [1.807, 2.05) is 34.7 Å². The lowest BCUT2D eigenvalue weighted by molar-refractivity contribution is 0.0706. The average molecular weight is 339 g/mol. The summed E-state index contributed by atoms with van der Waals surface area (Å²) in [6.45, 7) is 8.85. The van der Waals surface area contributed by atoms with E-state index in [1.165, 1.54) is 0 Å². The first-order chi connectivity index (χ1) is 12.1. The molecule has 0 saturated heterocycles. The van der Waals surface area contributed by atoms with E-state index in [0.29, 0.717) is 24.6 Å². The molecule has 0 N–H and O–H groups in total.